The molecular formula is C14H7ClN2O. The molecule has 0 saturated carbocycles. The third kappa shape index (κ3) is 1.09. The summed E-state index contributed by atoms with van der Waals surface area (Å²) in [5, 5.41) is 0.567. The molecule has 1 aliphatic rings. The number of rotatable bonds is 0. The van der Waals surface area contributed by atoms with E-state index < -0.39 is 0 Å². The molecule has 0 saturated heterocycles. The van der Waals surface area contributed by atoms with Crippen molar-refractivity contribution in [3.63, 3.8) is 0 Å². The summed E-state index contributed by atoms with van der Waals surface area (Å²) in [6.07, 6.45) is 0. The highest BCUT2D eigenvalue weighted by Crippen LogP contribution is 2.33. The summed E-state index contributed by atoms with van der Waals surface area (Å²) in [7, 11) is 0. The van der Waals surface area contributed by atoms with Crippen molar-refractivity contribution in [3.05, 3.63) is 58.9 Å². The van der Waals surface area contributed by atoms with Crippen LogP contribution in [-0.4, -0.2) is 15.3 Å². The lowest BCUT2D eigenvalue weighted by Crippen LogP contribution is -1.97. The summed E-state index contributed by atoms with van der Waals surface area (Å²) in [6, 6.07) is 13.1. The molecule has 0 spiro atoms. The summed E-state index contributed by atoms with van der Waals surface area (Å²) in [5.74, 6) is 0.400. The Balaban J connectivity index is 2.17. The number of ketones is 1. The Morgan fingerprint density at radius 2 is 1.94 bits per heavy atom. The third-order valence-corrected chi connectivity index (χ3v) is 3.44. The van der Waals surface area contributed by atoms with E-state index in [1.54, 1.807) is 12.1 Å². The van der Waals surface area contributed by atoms with Crippen LogP contribution in [0.1, 0.15) is 16.2 Å². The first-order valence-corrected chi connectivity index (χ1v) is 5.95. The molecular weight excluding hydrogens is 248 g/mol. The number of carbonyl (C=O) groups is 1. The van der Waals surface area contributed by atoms with Crippen LogP contribution in [0.2, 0.25) is 5.02 Å². The number of aromatic nitrogens is 2. The summed E-state index contributed by atoms with van der Waals surface area (Å²) >= 11 is 5.93. The first kappa shape index (κ1) is 9.85. The average molecular weight is 255 g/mol. The summed E-state index contributed by atoms with van der Waals surface area (Å²) < 4.78 is 1.89. The maximum atomic E-state index is 12.3. The number of imidazole rings is 1. The first-order chi connectivity index (χ1) is 8.75. The molecule has 0 amide bonds. The second kappa shape index (κ2) is 3.21. The highest BCUT2D eigenvalue weighted by Gasteiger charge is 2.30. The van der Waals surface area contributed by atoms with E-state index in [-0.39, 0.29) is 5.78 Å². The molecule has 2 aromatic carbocycles. The first-order valence-electron chi connectivity index (χ1n) is 5.58. The van der Waals surface area contributed by atoms with Crippen LogP contribution in [0.5, 0.6) is 0 Å². The van der Waals surface area contributed by atoms with E-state index in [9.17, 15) is 4.79 Å². The largest absolute Gasteiger partial charge is 0.289 e. The fraction of sp³-hybridized carbons (Fsp3) is 0. The van der Waals surface area contributed by atoms with E-state index in [0.29, 0.717) is 16.4 Å². The van der Waals surface area contributed by atoms with Gasteiger partial charge in [0.1, 0.15) is 0 Å². The van der Waals surface area contributed by atoms with Crippen LogP contribution in [0.15, 0.2) is 42.5 Å². The molecule has 0 aliphatic carbocycles. The maximum absolute atomic E-state index is 12.3. The van der Waals surface area contributed by atoms with Gasteiger partial charge in [-0.3, -0.25) is 9.36 Å². The smallest absolute Gasteiger partial charge is 0.231 e. The number of para-hydroxylation sites is 2. The summed E-state index contributed by atoms with van der Waals surface area (Å²) in [5.41, 5.74) is 3.26. The second-order valence-corrected chi connectivity index (χ2v) is 4.69. The van der Waals surface area contributed by atoms with Crippen LogP contribution < -0.4 is 0 Å². The molecule has 0 fully saturated rings. The molecule has 0 atom stereocenters. The SMILES string of the molecule is O=C1c2cc(Cl)ccc2-n2c1nc1ccccc12. The number of fused-ring (bicyclic) bond motifs is 5. The summed E-state index contributed by atoms with van der Waals surface area (Å²) in [6.45, 7) is 0. The van der Waals surface area contributed by atoms with Gasteiger partial charge >= 0.3 is 0 Å². The van der Waals surface area contributed by atoms with E-state index in [1.807, 2.05) is 34.9 Å². The topological polar surface area (TPSA) is 34.9 Å². The fourth-order valence-electron chi connectivity index (χ4n) is 2.43. The Bertz CT molecular complexity index is 820. The van der Waals surface area contributed by atoms with Crippen molar-refractivity contribution >= 4 is 28.4 Å². The van der Waals surface area contributed by atoms with E-state index in [4.69, 9.17) is 11.6 Å². The van der Waals surface area contributed by atoms with Crippen LogP contribution in [0, 0.1) is 0 Å². The Morgan fingerprint density at radius 3 is 2.83 bits per heavy atom. The van der Waals surface area contributed by atoms with Gasteiger partial charge in [0.15, 0.2) is 5.82 Å². The number of nitrogens with zero attached hydrogens (tertiary/aromatic N) is 2. The normalized spacial score (nSPS) is 12.8. The van der Waals surface area contributed by atoms with E-state index in [0.717, 1.165) is 16.7 Å². The van der Waals surface area contributed by atoms with Crippen LogP contribution in [0.4, 0.5) is 0 Å². The molecule has 3 aromatic rings. The van der Waals surface area contributed by atoms with Gasteiger partial charge in [-0.15, -0.1) is 0 Å². The highest BCUT2D eigenvalue weighted by molar-refractivity contribution is 6.31. The van der Waals surface area contributed by atoms with Crippen LogP contribution in [0.25, 0.3) is 16.7 Å². The number of carbonyl (C=O) groups excluding carboxylic acids is 1. The van der Waals surface area contributed by atoms with Crippen LogP contribution >= 0.6 is 11.6 Å². The minimum absolute atomic E-state index is 0.0660. The molecule has 3 nitrogen and oxygen atoms in total. The van der Waals surface area contributed by atoms with Crippen molar-refractivity contribution in [1.29, 1.82) is 0 Å². The minimum Gasteiger partial charge on any atom is -0.289 e. The fourth-order valence-corrected chi connectivity index (χ4v) is 2.60. The van der Waals surface area contributed by atoms with Crippen molar-refractivity contribution in [2.24, 2.45) is 0 Å². The zero-order valence-electron chi connectivity index (χ0n) is 9.22. The lowest BCUT2D eigenvalue weighted by Gasteiger charge is -2.02. The Hall–Kier alpha value is -2.13. The van der Waals surface area contributed by atoms with Gasteiger partial charge in [0.25, 0.3) is 0 Å². The quantitative estimate of drug-likeness (QED) is 0.483. The molecule has 1 aromatic heterocycles. The Kier molecular flexibility index (Phi) is 1.76. The number of halogens is 1. The maximum Gasteiger partial charge on any atom is 0.231 e. The number of benzene rings is 2. The lowest BCUT2D eigenvalue weighted by molar-refractivity contribution is 0.103. The second-order valence-electron chi connectivity index (χ2n) is 4.25. The van der Waals surface area contributed by atoms with Gasteiger partial charge in [-0.05, 0) is 30.3 Å². The molecule has 1 aliphatic heterocycles. The molecule has 0 N–H and O–H groups in total. The van der Waals surface area contributed by atoms with Crippen LogP contribution in [0.3, 0.4) is 0 Å². The predicted molar refractivity (Wildman–Crippen MR) is 69.5 cm³/mol. The van der Waals surface area contributed by atoms with Gasteiger partial charge in [0.2, 0.25) is 5.78 Å². The molecule has 0 bridgehead atoms. The average Bonchev–Trinajstić information content (AvgIpc) is 2.87. The van der Waals surface area contributed by atoms with Gasteiger partial charge in [-0.1, -0.05) is 23.7 Å². The minimum atomic E-state index is -0.0660. The molecule has 18 heavy (non-hydrogen) atoms. The zero-order chi connectivity index (χ0) is 12.3. The molecule has 0 unspecified atom stereocenters. The lowest BCUT2D eigenvalue weighted by atomic mass is 10.1. The van der Waals surface area contributed by atoms with Gasteiger partial charge in [-0.2, -0.15) is 0 Å². The van der Waals surface area contributed by atoms with Crippen molar-refractivity contribution in [3.8, 4) is 5.69 Å². The third-order valence-electron chi connectivity index (χ3n) is 3.21. The zero-order valence-corrected chi connectivity index (χ0v) is 9.98. The predicted octanol–water partition coefficient (Wildman–Crippen LogP) is 3.22. The van der Waals surface area contributed by atoms with Gasteiger partial charge in [-0.25, -0.2) is 4.98 Å². The number of hydrogen-bond acceptors (Lipinski definition) is 2. The van der Waals surface area contributed by atoms with Gasteiger partial charge in [0.05, 0.1) is 22.3 Å². The molecule has 4 heteroatoms. The number of hydrogen-bond donors (Lipinski definition) is 0. The standard InChI is InChI=1S/C14H7ClN2O/c15-8-5-6-11-9(7-8)13(18)14-16-10-3-1-2-4-12(10)17(11)14/h1-7H. The Labute approximate surface area is 108 Å². The van der Waals surface area contributed by atoms with Crippen LogP contribution in [-0.2, 0) is 0 Å². The highest BCUT2D eigenvalue weighted by atomic mass is 35.5. The van der Waals surface area contributed by atoms with Gasteiger partial charge in [0, 0.05) is 5.02 Å². The molecule has 2 heterocycles. The van der Waals surface area contributed by atoms with Crippen molar-refractivity contribution in [2.75, 3.05) is 0 Å². The van der Waals surface area contributed by atoms with E-state index >= 15 is 0 Å². The van der Waals surface area contributed by atoms with Crippen molar-refractivity contribution < 1.29 is 4.79 Å². The molecule has 4 rings (SSSR count). The van der Waals surface area contributed by atoms with Gasteiger partial charge < -0.3 is 0 Å². The molecule has 86 valence electrons. The van der Waals surface area contributed by atoms with Crippen molar-refractivity contribution in [2.45, 2.75) is 0 Å². The Morgan fingerprint density at radius 1 is 1.11 bits per heavy atom. The monoisotopic (exact) mass is 254 g/mol. The van der Waals surface area contributed by atoms with Crippen molar-refractivity contribution in [1.82, 2.24) is 9.55 Å². The van der Waals surface area contributed by atoms with E-state index in [2.05, 4.69) is 4.98 Å². The van der Waals surface area contributed by atoms with E-state index in [1.165, 1.54) is 0 Å². The summed E-state index contributed by atoms with van der Waals surface area (Å²) in [4.78, 5) is 16.7. The molecule has 0 radical (unpaired) electrons.